The number of hydrogen-bond acceptors (Lipinski definition) is 4. The number of rotatable bonds is 3. The Balaban J connectivity index is 1.53. The van der Waals surface area contributed by atoms with Gasteiger partial charge < -0.3 is 15.0 Å². The molecule has 6 heteroatoms. The van der Waals surface area contributed by atoms with Crippen molar-refractivity contribution in [3.8, 4) is 0 Å². The van der Waals surface area contributed by atoms with E-state index in [-0.39, 0.29) is 29.6 Å². The van der Waals surface area contributed by atoms with Crippen molar-refractivity contribution in [3.63, 3.8) is 0 Å². The third-order valence-electron chi connectivity index (χ3n) is 5.23. The second-order valence-corrected chi connectivity index (χ2v) is 6.71. The highest BCUT2D eigenvalue weighted by Crippen LogP contribution is 2.42. The van der Waals surface area contributed by atoms with Crippen molar-refractivity contribution in [2.75, 3.05) is 26.3 Å². The second kappa shape index (κ2) is 6.36. The minimum atomic E-state index is -0.513. The molecule has 6 nitrogen and oxygen atoms in total. The molecule has 3 atom stereocenters. The molecule has 2 amide bonds. The molecule has 2 bridgehead atoms. The summed E-state index contributed by atoms with van der Waals surface area (Å²) >= 11 is 0. The van der Waals surface area contributed by atoms with Crippen molar-refractivity contribution < 1.29 is 19.1 Å². The molecule has 0 aromatic heterocycles. The van der Waals surface area contributed by atoms with E-state index in [4.69, 9.17) is 4.74 Å². The van der Waals surface area contributed by atoms with Crippen LogP contribution in [0.1, 0.15) is 32.6 Å². The van der Waals surface area contributed by atoms with Gasteiger partial charge in [-0.1, -0.05) is 0 Å². The van der Waals surface area contributed by atoms with Gasteiger partial charge in [0.1, 0.15) is 11.8 Å². The number of hydrogen-bond donors (Lipinski definition) is 1. The minimum Gasteiger partial charge on any atom is -0.378 e. The molecule has 0 aromatic rings. The van der Waals surface area contributed by atoms with Gasteiger partial charge in [-0.05, 0) is 32.6 Å². The van der Waals surface area contributed by atoms with Gasteiger partial charge in [-0.25, -0.2) is 0 Å². The molecule has 1 N–H and O–H groups in total. The van der Waals surface area contributed by atoms with Gasteiger partial charge >= 0.3 is 0 Å². The van der Waals surface area contributed by atoms with Crippen LogP contribution in [0.15, 0.2) is 0 Å². The predicted octanol–water partition coefficient (Wildman–Crippen LogP) is 0.355. The lowest BCUT2D eigenvalue weighted by atomic mass is 9.79. The number of nitrogens with one attached hydrogen (secondary N) is 1. The zero-order valence-corrected chi connectivity index (χ0v) is 13.0. The molecule has 1 saturated heterocycles. The van der Waals surface area contributed by atoms with Crippen LogP contribution >= 0.6 is 0 Å². The smallest absolute Gasteiger partial charge is 0.245 e. The summed E-state index contributed by atoms with van der Waals surface area (Å²) in [7, 11) is 0. The first kappa shape index (κ1) is 15.5. The molecule has 2 saturated carbocycles. The van der Waals surface area contributed by atoms with E-state index >= 15 is 0 Å². The SMILES string of the molecule is CC(NC(=O)C1CC2CCC(C1)C2=O)C(=O)N1CCOCC1. The minimum absolute atomic E-state index is 0.0495. The fourth-order valence-electron chi connectivity index (χ4n) is 3.94. The van der Waals surface area contributed by atoms with E-state index in [0.717, 1.165) is 12.8 Å². The van der Waals surface area contributed by atoms with Gasteiger partial charge in [-0.15, -0.1) is 0 Å². The Morgan fingerprint density at radius 2 is 1.77 bits per heavy atom. The fraction of sp³-hybridized carbons (Fsp3) is 0.812. The highest BCUT2D eigenvalue weighted by molar-refractivity contribution is 5.91. The Hall–Kier alpha value is -1.43. The van der Waals surface area contributed by atoms with Crippen molar-refractivity contribution in [3.05, 3.63) is 0 Å². The molecule has 122 valence electrons. The van der Waals surface area contributed by atoms with E-state index in [0.29, 0.717) is 44.9 Å². The topological polar surface area (TPSA) is 75.7 Å². The standard InChI is InChI=1S/C16H24N2O4/c1-10(16(21)18-4-6-22-7-5-18)17-15(20)13-8-11-2-3-12(9-13)14(11)19/h10-13H,2-9H2,1H3,(H,17,20). The Labute approximate surface area is 130 Å². The van der Waals surface area contributed by atoms with Gasteiger partial charge in [0.2, 0.25) is 11.8 Å². The number of carbonyl (C=O) groups excluding carboxylic acids is 3. The second-order valence-electron chi connectivity index (χ2n) is 6.71. The van der Waals surface area contributed by atoms with Crippen LogP contribution < -0.4 is 5.32 Å². The van der Waals surface area contributed by atoms with Gasteiger partial charge in [-0.2, -0.15) is 0 Å². The van der Waals surface area contributed by atoms with E-state index < -0.39 is 6.04 Å². The van der Waals surface area contributed by atoms with Crippen LogP contribution in [0.5, 0.6) is 0 Å². The van der Waals surface area contributed by atoms with Gasteiger partial charge in [0, 0.05) is 30.8 Å². The average Bonchev–Trinajstić information content (AvgIpc) is 2.76. The summed E-state index contributed by atoms with van der Waals surface area (Å²) in [5.74, 6) is 0.251. The lowest BCUT2D eigenvalue weighted by Crippen LogP contribution is -2.52. The number of carbonyl (C=O) groups is 3. The molecule has 3 fully saturated rings. The predicted molar refractivity (Wildman–Crippen MR) is 78.9 cm³/mol. The molecular weight excluding hydrogens is 284 g/mol. The quantitative estimate of drug-likeness (QED) is 0.816. The average molecular weight is 308 g/mol. The van der Waals surface area contributed by atoms with Crippen molar-refractivity contribution in [2.45, 2.75) is 38.6 Å². The molecule has 1 aliphatic heterocycles. The third kappa shape index (κ3) is 3.02. The normalized spacial score (nSPS) is 32.7. The number of morpholine rings is 1. The summed E-state index contributed by atoms with van der Waals surface area (Å²) in [5, 5.41) is 2.85. The van der Waals surface area contributed by atoms with Crippen LogP contribution in [0.2, 0.25) is 0 Å². The summed E-state index contributed by atoms with van der Waals surface area (Å²) in [5.41, 5.74) is 0. The first-order valence-electron chi connectivity index (χ1n) is 8.27. The van der Waals surface area contributed by atoms with Crippen LogP contribution in [0.3, 0.4) is 0 Å². The highest BCUT2D eigenvalue weighted by atomic mass is 16.5. The van der Waals surface area contributed by atoms with Crippen LogP contribution in [-0.2, 0) is 19.1 Å². The van der Waals surface area contributed by atoms with Crippen LogP contribution in [-0.4, -0.2) is 54.8 Å². The zero-order chi connectivity index (χ0) is 15.7. The Kier molecular flexibility index (Phi) is 4.47. The molecule has 3 rings (SSSR count). The van der Waals surface area contributed by atoms with Crippen molar-refractivity contribution in [1.82, 2.24) is 10.2 Å². The Morgan fingerprint density at radius 3 is 2.36 bits per heavy atom. The maximum Gasteiger partial charge on any atom is 0.245 e. The highest BCUT2D eigenvalue weighted by Gasteiger charge is 2.43. The first-order valence-corrected chi connectivity index (χ1v) is 8.27. The van der Waals surface area contributed by atoms with Gasteiger partial charge in [0.15, 0.2) is 0 Å². The largest absolute Gasteiger partial charge is 0.378 e. The van der Waals surface area contributed by atoms with Gasteiger partial charge in [-0.3, -0.25) is 14.4 Å². The van der Waals surface area contributed by atoms with Crippen molar-refractivity contribution in [2.24, 2.45) is 17.8 Å². The maximum absolute atomic E-state index is 12.4. The molecule has 3 aliphatic rings. The van der Waals surface area contributed by atoms with Crippen molar-refractivity contribution >= 4 is 17.6 Å². The summed E-state index contributed by atoms with van der Waals surface area (Å²) in [6, 6.07) is -0.513. The first-order chi connectivity index (χ1) is 10.6. The monoisotopic (exact) mass is 308 g/mol. The summed E-state index contributed by atoms with van der Waals surface area (Å²) in [6.07, 6.45) is 3.16. The van der Waals surface area contributed by atoms with E-state index in [9.17, 15) is 14.4 Å². The molecule has 0 spiro atoms. The van der Waals surface area contributed by atoms with E-state index in [1.807, 2.05) is 0 Å². The molecule has 0 aromatic carbocycles. The van der Waals surface area contributed by atoms with E-state index in [1.54, 1.807) is 11.8 Å². The lowest BCUT2D eigenvalue weighted by Gasteiger charge is -2.31. The number of fused-ring (bicyclic) bond motifs is 2. The van der Waals surface area contributed by atoms with Crippen LogP contribution in [0.25, 0.3) is 0 Å². The molecule has 1 heterocycles. The summed E-state index contributed by atoms with van der Waals surface area (Å²) < 4.78 is 5.23. The molecule has 22 heavy (non-hydrogen) atoms. The number of amides is 2. The summed E-state index contributed by atoms with van der Waals surface area (Å²) in [4.78, 5) is 38.3. The lowest BCUT2D eigenvalue weighted by molar-refractivity contribution is -0.141. The number of Topliss-reactive ketones (excluding diaryl/α,β-unsaturated/α-hetero) is 1. The summed E-state index contributed by atoms with van der Waals surface area (Å²) in [6.45, 7) is 4.02. The number of ketones is 1. The van der Waals surface area contributed by atoms with E-state index in [1.165, 1.54) is 0 Å². The van der Waals surface area contributed by atoms with Crippen LogP contribution in [0, 0.1) is 17.8 Å². The number of nitrogens with zero attached hydrogens (tertiary/aromatic N) is 1. The molecule has 0 radical (unpaired) electrons. The molecular formula is C16H24N2O4. The number of ether oxygens (including phenoxy) is 1. The van der Waals surface area contributed by atoms with Gasteiger partial charge in [0.05, 0.1) is 13.2 Å². The Bertz CT molecular complexity index is 457. The van der Waals surface area contributed by atoms with Gasteiger partial charge in [0.25, 0.3) is 0 Å². The molecule has 3 unspecified atom stereocenters. The Morgan fingerprint density at radius 1 is 1.18 bits per heavy atom. The van der Waals surface area contributed by atoms with E-state index in [2.05, 4.69) is 5.32 Å². The third-order valence-corrected chi connectivity index (χ3v) is 5.23. The van der Waals surface area contributed by atoms with Crippen LogP contribution in [0.4, 0.5) is 0 Å². The molecule has 2 aliphatic carbocycles. The van der Waals surface area contributed by atoms with Crippen molar-refractivity contribution in [1.29, 1.82) is 0 Å². The zero-order valence-electron chi connectivity index (χ0n) is 13.0. The fourth-order valence-corrected chi connectivity index (χ4v) is 3.94. The maximum atomic E-state index is 12.4.